The molecule has 1 N–H and O–H groups in total. The maximum absolute atomic E-state index is 13.1. The maximum Gasteiger partial charge on any atom is 0.243 e. The highest BCUT2D eigenvalue weighted by Gasteiger charge is 2.33. The van der Waals surface area contributed by atoms with Crippen molar-refractivity contribution < 1.29 is 13.2 Å². The van der Waals surface area contributed by atoms with Crippen LogP contribution in [0, 0.1) is 19.8 Å². The fraction of sp³-hybridized carbons (Fsp3) is 0.458. The molecule has 31 heavy (non-hydrogen) atoms. The highest BCUT2D eigenvalue weighted by Crippen LogP contribution is 2.26. The quantitative estimate of drug-likeness (QED) is 0.714. The fourth-order valence-electron chi connectivity index (χ4n) is 4.20. The van der Waals surface area contributed by atoms with Gasteiger partial charge in [-0.2, -0.15) is 4.31 Å². The van der Waals surface area contributed by atoms with Crippen molar-refractivity contribution in [3.8, 4) is 0 Å². The minimum atomic E-state index is -3.54. The van der Waals surface area contributed by atoms with E-state index < -0.39 is 10.0 Å². The van der Waals surface area contributed by atoms with Crippen LogP contribution in [0.15, 0.2) is 53.4 Å². The van der Waals surface area contributed by atoms with E-state index in [4.69, 9.17) is 0 Å². The minimum absolute atomic E-state index is 0.00588. The molecule has 3 rings (SSSR count). The van der Waals surface area contributed by atoms with Crippen molar-refractivity contribution in [2.45, 2.75) is 37.6 Å². The Hall–Kier alpha value is -2.22. The molecule has 0 aliphatic carbocycles. The lowest BCUT2D eigenvalue weighted by atomic mass is 9.97. The molecule has 1 aliphatic rings. The number of nitrogens with zero attached hydrogens (tertiary/aromatic N) is 2. The van der Waals surface area contributed by atoms with Crippen LogP contribution in [0.1, 0.15) is 35.6 Å². The van der Waals surface area contributed by atoms with Gasteiger partial charge in [0.2, 0.25) is 15.9 Å². The molecule has 1 saturated heterocycles. The van der Waals surface area contributed by atoms with Crippen LogP contribution in [0.25, 0.3) is 0 Å². The molecule has 1 fully saturated rings. The minimum Gasteiger partial charge on any atom is -0.354 e. The van der Waals surface area contributed by atoms with E-state index in [1.807, 2.05) is 58.3 Å². The Balaban J connectivity index is 1.58. The highest BCUT2D eigenvalue weighted by atomic mass is 32.2. The first-order valence-electron chi connectivity index (χ1n) is 10.8. The third-order valence-electron chi connectivity index (χ3n) is 6.05. The van der Waals surface area contributed by atoms with Gasteiger partial charge in [-0.1, -0.05) is 48.0 Å². The summed E-state index contributed by atoms with van der Waals surface area (Å²) < 4.78 is 27.6. The van der Waals surface area contributed by atoms with Crippen LogP contribution in [-0.4, -0.2) is 57.3 Å². The Morgan fingerprint density at radius 2 is 1.74 bits per heavy atom. The van der Waals surface area contributed by atoms with E-state index in [9.17, 15) is 13.2 Å². The molecule has 0 bridgehead atoms. The standard InChI is InChI=1S/C24H33N3O3S/c1-18-10-11-23(19(2)16-18)31(29,30)27-14-12-21(13-15-27)24(28)25-17-22(26(3)4)20-8-6-5-7-9-20/h5-11,16,21-22H,12-15,17H2,1-4H3,(H,25,28)/t22-/m1/s1. The van der Waals surface area contributed by atoms with E-state index in [2.05, 4.69) is 22.3 Å². The number of sulfonamides is 1. The zero-order valence-corrected chi connectivity index (χ0v) is 19.7. The second kappa shape index (κ2) is 9.94. The van der Waals surface area contributed by atoms with Crippen LogP contribution in [0.2, 0.25) is 0 Å². The number of aryl methyl sites for hydroxylation is 2. The monoisotopic (exact) mass is 443 g/mol. The van der Waals surface area contributed by atoms with Gasteiger partial charge in [0.1, 0.15) is 0 Å². The normalized spacial score (nSPS) is 16.9. The number of hydrogen-bond acceptors (Lipinski definition) is 4. The molecule has 0 radical (unpaired) electrons. The molecule has 0 aromatic heterocycles. The molecule has 168 valence electrons. The summed E-state index contributed by atoms with van der Waals surface area (Å²) in [6.07, 6.45) is 1.07. The Kier molecular flexibility index (Phi) is 7.51. The maximum atomic E-state index is 13.1. The van der Waals surface area contributed by atoms with E-state index in [1.165, 1.54) is 4.31 Å². The summed E-state index contributed by atoms with van der Waals surface area (Å²) in [5, 5.41) is 3.08. The molecule has 2 aromatic rings. The van der Waals surface area contributed by atoms with Crippen molar-refractivity contribution in [1.82, 2.24) is 14.5 Å². The highest BCUT2D eigenvalue weighted by molar-refractivity contribution is 7.89. The summed E-state index contributed by atoms with van der Waals surface area (Å²) in [6, 6.07) is 15.6. The predicted molar refractivity (Wildman–Crippen MR) is 123 cm³/mol. The smallest absolute Gasteiger partial charge is 0.243 e. The molecule has 1 heterocycles. The molecular weight excluding hydrogens is 410 g/mol. The van der Waals surface area contributed by atoms with Gasteiger partial charge in [-0.3, -0.25) is 4.79 Å². The molecule has 1 amide bonds. The number of carbonyl (C=O) groups is 1. The zero-order valence-electron chi connectivity index (χ0n) is 18.8. The van der Waals surface area contributed by atoms with Gasteiger partial charge in [-0.15, -0.1) is 0 Å². The van der Waals surface area contributed by atoms with Crippen molar-refractivity contribution in [1.29, 1.82) is 0 Å². The summed E-state index contributed by atoms with van der Waals surface area (Å²) in [6.45, 7) is 5.03. The second-order valence-electron chi connectivity index (χ2n) is 8.58. The molecular formula is C24H33N3O3S. The largest absolute Gasteiger partial charge is 0.354 e. The number of hydrogen-bond donors (Lipinski definition) is 1. The van der Waals surface area contributed by atoms with Crippen LogP contribution in [0.5, 0.6) is 0 Å². The molecule has 1 aliphatic heterocycles. The Bertz CT molecular complexity index is 998. The van der Waals surface area contributed by atoms with Crippen LogP contribution in [-0.2, 0) is 14.8 Å². The number of likely N-dealkylation sites (N-methyl/N-ethyl adjacent to an activating group) is 1. The third-order valence-corrected chi connectivity index (χ3v) is 8.11. The number of benzene rings is 2. The number of carbonyl (C=O) groups excluding carboxylic acids is 1. The summed E-state index contributed by atoms with van der Waals surface area (Å²) in [4.78, 5) is 15.2. The van der Waals surface area contributed by atoms with E-state index in [0.29, 0.717) is 37.4 Å². The first-order valence-corrected chi connectivity index (χ1v) is 12.2. The molecule has 7 heteroatoms. The Morgan fingerprint density at radius 1 is 1.10 bits per heavy atom. The van der Waals surface area contributed by atoms with Crippen molar-refractivity contribution in [2.24, 2.45) is 5.92 Å². The van der Waals surface area contributed by atoms with Gasteiger partial charge in [0, 0.05) is 25.6 Å². The van der Waals surface area contributed by atoms with E-state index in [-0.39, 0.29) is 17.9 Å². The van der Waals surface area contributed by atoms with Crippen molar-refractivity contribution >= 4 is 15.9 Å². The average Bonchev–Trinajstić information content (AvgIpc) is 2.74. The first-order chi connectivity index (χ1) is 14.7. The third kappa shape index (κ3) is 5.53. The Morgan fingerprint density at radius 3 is 2.32 bits per heavy atom. The number of amides is 1. The zero-order chi connectivity index (χ0) is 22.6. The van der Waals surface area contributed by atoms with Crippen LogP contribution >= 0.6 is 0 Å². The van der Waals surface area contributed by atoms with Gasteiger partial charge in [-0.05, 0) is 58.0 Å². The lowest BCUT2D eigenvalue weighted by Crippen LogP contribution is -2.44. The molecule has 1 atom stereocenters. The van der Waals surface area contributed by atoms with E-state index in [0.717, 1.165) is 16.7 Å². The van der Waals surface area contributed by atoms with Crippen molar-refractivity contribution in [3.05, 3.63) is 65.2 Å². The molecule has 2 aromatic carbocycles. The first kappa shape index (κ1) is 23.4. The lowest BCUT2D eigenvalue weighted by Gasteiger charge is -2.32. The summed E-state index contributed by atoms with van der Waals surface area (Å²) in [5.41, 5.74) is 2.95. The van der Waals surface area contributed by atoms with Crippen LogP contribution in [0.3, 0.4) is 0 Å². The topological polar surface area (TPSA) is 69.7 Å². The molecule has 6 nitrogen and oxygen atoms in total. The summed E-state index contributed by atoms with van der Waals surface area (Å²) in [7, 11) is 0.464. The van der Waals surface area contributed by atoms with Gasteiger partial charge < -0.3 is 10.2 Å². The van der Waals surface area contributed by atoms with Gasteiger partial charge in [-0.25, -0.2) is 8.42 Å². The van der Waals surface area contributed by atoms with Crippen LogP contribution in [0.4, 0.5) is 0 Å². The summed E-state index contributed by atoms with van der Waals surface area (Å²) >= 11 is 0. The fourth-order valence-corrected chi connectivity index (χ4v) is 5.88. The van der Waals surface area contributed by atoms with Gasteiger partial charge in [0.25, 0.3) is 0 Å². The number of rotatable bonds is 7. The molecule has 0 spiro atoms. The van der Waals surface area contributed by atoms with Crippen molar-refractivity contribution in [2.75, 3.05) is 33.7 Å². The van der Waals surface area contributed by atoms with E-state index in [1.54, 1.807) is 6.07 Å². The lowest BCUT2D eigenvalue weighted by molar-refractivity contribution is -0.126. The summed E-state index contributed by atoms with van der Waals surface area (Å²) in [5.74, 6) is -0.157. The predicted octanol–water partition coefficient (Wildman–Crippen LogP) is 3.12. The second-order valence-corrected chi connectivity index (χ2v) is 10.5. The molecule has 0 unspecified atom stereocenters. The van der Waals surface area contributed by atoms with Crippen molar-refractivity contribution in [3.63, 3.8) is 0 Å². The van der Waals surface area contributed by atoms with E-state index >= 15 is 0 Å². The SMILES string of the molecule is Cc1ccc(S(=O)(=O)N2CCC(C(=O)NC[C@H](c3ccccc3)N(C)C)CC2)c(C)c1. The number of piperidine rings is 1. The van der Waals surface area contributed by atoms with Gasteiger partial charge in [0.05, 0.1) is 10.9 Å². The molecule has 0 saturated carbocycles. The average molecular weight is 444 g/mol. The number of nitrogens with one attached hydrogen (secondary N) is 1. The Labute approximate surface area is 186 Å². The van der Waals surface area contributed by atoms with Gasteiger partial charge in [0.15, 0.2) is 0 Å². The van der Waals surface area contributed by atoms with Crippen LogP contribution < -0.4 is 5.32 Å². The van der Waals surface area contributed by atoms with Gasteiger partial charge >= 0.3 is 0 Å².